The summed E-state index contributed by atoms with van der Waals surface area (Å²) >= 11 is 0. The van der Waals surface area contributed by atoms with E-state index in [1.54, 1.807) is 6.20 Å². The maximum absolute atomic E-state index is 4.60. The summed E-state index contributed by atoms with van der Waals surface area (Å²) in [7, 11) is 0. The molecule has 22 heavy (non-hydrogen) atoms. The van der Waals surface area contributed by atoms with Gasteiger partial charge in [-0.25, -0.2) is 9.97 Å². The summed E-state index contributed by atoms with van der Waals surface area (Å²) < 4.78 is 0. The third kappa shape index (κ3) is 5.02. The molecule has 0 radical (unpaired) electrons. The van der Waals surface area contributed by atoms with Crippen molar-refractivity contribution < 1.29 is 0 Å². The van der Waals surface area contributed by atoms with Crippen LogP contribution < -0.4 is 10.6 Å². The van der Waals surface area contributed by atoms with Gasteiger partial charge in [0.1, 0.15) is 5.82 Å². The summed E-state index contributed by atoms with van der Waals surface area (Å²) in [5, 5.41) is 6.72. The first-order valence-electron chi connectivity index (χ1n) is 7.97. The van der Waals surface area contributed by atoms with Crippen LogP contribution in [0.25, 0.3) is 0 Å². The van der Waals surface area contributed by atoms with Gasteiger partial charge < -0.3 is 10.6 Å². The second kappa shape index (κ2) is 7.78. The number of aromatic nitrogens is 2. The Morgan fingerprint density at radius 3 is 2.41 bits per heavy atom. The lowest BCUT2D eigenvalue weighted by Crippen LogP contribution is -2.17. The van der Waals surface area contributed by atoms with Crippen molar-refractivity contribution >= 4 is 17.3 Å². The van der Waals surface area contributed by atoms with E-state index in [0.717, 1.165) is 35.4 Å². The molecule has 0 aliphatic heterocycles. The van der Waals surface area contributed by atoms with E-state index in [0.29, 0.717) is 6.04 Å². The maximum Gasteiger partial charge on any atom is 0.152 e. The Kier molecular flexibility index (Phi) is 5.75. The van der Waals surface area contributed by atoms with Crippen LogP contribution in [0.2, 0.25) is 0 Å². The molecule has 0 saturated carbocycles. The third-order valence-electron chi connectivity index (χ3n) is 3.55. The van der Waals surface area contributed by atoms with Crippen molar-refractivity contribution in [3.63, 3.8) is 0 Å². The van der Waals surface area contributed by atoms with Crippen molar-refractivity contribution in [3.8, 4) is 0 Å². The molecule has 1 aromatic carbocycles. The first-order valence-corrected chi connectivity index (χ1v) is 7.97. The van der Waals surface area contributed by atoms with Crippen molar-refractivity contribution in [1.29, 1.82) is 0 Å². The van der Waals surface area contributed by atoms with Gasteiger partial charge in [-0.3, -0.25) is 0 Å². The van der Waals surface area contributed by atoms with Gasteiger partial charge in [0.05, 0.1) is 11.9 Å². The van der Waals surface area contributed by atoms with Gasteiger partial charge in [0.15, 0.2) is 5.82 Å². The Bertz CT molecular complexity index is 581. The topological polar surface area (TPSA) is 49.8 Å². The SMILES string of the molecule is Cc1nc(NC(C)CCC(C)C)cnc1Nc1ccccc1. The minimum absolute atomic E-state index is 0.407. The van der Waals surface area contributed by atoms with Gasteiger partial charge in [-0.15, -0.1) is 0 Å². The lowest BCUT2D eigenvalue weighted by molar-refractivity contribution is 0.527. The van der Waals surface area contributed by atoms with Crippen LogP contribution in [-0.2, 0) is 0 Å². The predicted octanol–water partition coefficient (Wildman–Crippen LogP) is 4.77. The van der Waals surface area contributed by atoms with Crippen molar-refractivity contribution in [3.05, 3.63) is 42.2 Å². The molecule has 1 aromatic heterocycles. The van der Waals surface area contributed by atoms with E-state index >= 15 is 0 Å². The van der Waals surface area contributed by atoms with E-state index in [9.17, 15) is 0 Å². The summed E-state index contributed by atoms with van der Waals surface area (Å²) in [4.78, 5) is 9.09. The van der Waals surface area contributed by atoms with E-state index in [4.69, 9.17) is 0 Å². The average Bonchev–Trinajstić information content (AvgIpc) is 2.49. The standard InChI is InChI=1S/C18H26N4/c1-13(2)10-11-14(3)20-17-12-19-18(15(4)21-17)22-16-8-6-5-7-9-16/h5-9,12-14H,10-11H2,1-4H3,(H,19,22)(H,20,21). The fourth-order valence-corrected chi connectivity index (χ4v) is 2.24. The number of anilines is 3. The zero-order valence-corrected chi connectivity index (χ0v) is 13.9. The number of nitrogens with zero attached hydrogens (tertiary/aromatic N) is 2. The maximum atomic E-state index is 4.60. The van der Waals surface area contributed by atoms with E-state index in [1.807, 2.05) is 37.3 Å². The van der Waals surface area contributed by atoms with Crippen LogP contribution >= 0.6 is 0 Å². The highest BCUT2D eigenvalue weighted by Gasteiger charge is 2.07. The highest BCUT2D eigenvalue weighted by atomic mass is 15.1. The minimum atomic E-state index is 0.407. The molecule has 118 valence electrons. The van der Waals surface area contributed by atoms with Gasteiger partial charge in [-0.2, -0.15) is 0 Å². The molecule has 1 atom stereocenters. The van der Waals surface area contributed by atoms with Crippen LogP contribution in [0, 0.1) is 12.8 Å². The van der Waals surface area contributed by atoms with Gasteiger partial charge in [0, 0.05) is 11.7 Å². The molecule has 0 bridgehead atoms. The lowest BCUT2D eigenvalue weighted by Gasteiger charge is -2.16. The van der Waals surface area contributed by atoms with E-state index in [2.05, 4.69) is 41.4 Å². The van der Waals surface area contributed by atoms with Gasteiger partial charge in [0.25, 0.3) is 0 Å². The van der Waals surface area contributed by atoms with Crippen LogP contribution in [0.3, 0.4) is 0 Å². The predicted molar refractivity (Wildman–Crippen MR) is 93.7 cm³/mol. The summed E-state index contributed by atoms with van der Waals surface area (Å²) in [6.45, 7) is 8.67. The second-order valence-corrected chi connectivity index (χ2v) is 6.20. The Morgan fingerprint density at radius 2 is 1.77 bits per heavy atom. The van der Waals surface area contributed by atoms with Crippen LogP contribution in [0.5, 0.6) is 0 Å². The summed E-state index contributed by atoms with van der Waals surface area (Å²) in [6, 6.07) is 10.4. The molecule has 2 rings (SSSR count). The van der Waals surface area contributed by atoms with Gasteiger partial charge in [0.2, 0.25) is 0 Å². The lowest BCUT2D eigenvalue weighted by atomic mass is 10.0. The fourth-order valence-electron chi connectivity index (χ4n) is 2.24. The first-order chi connectivity index (χ1) is 10.5. The number of nitrogens with one attached hydrogen (secondary N) is 2. The number of benzene rings is 1. The monoisotopic (exact) mass is 298 g/mol. The average molecular weight is 298 g/mol. The molecule has 1 unspecified atom stereocenters. The summed E-state index contributed by atoms with van der Waals surface area (Å²) in [6.07, 6.45) is 4.15. The highest BCUT2D eigenvalue weighted by Crippen LogP contribution is 2.18. The molecule has 2 N–H and O–H groups in total. The molecule has 0 fully saturated rings. The van der Waals surface area contributed by atoms with Crippen LogP contribution in [-0.4, -0.2) is 16.0 Å². The van der Waals surface area contributed by atoms with Gasteiger partial charge >= 0.3 is 0 Å². The molecule has 0 amide bonds. The molecule has 0 aliphatic carbocycles. The van der Waals surface area contributed by atoms with Gasteiger partial charge in [-0.1, -0.05) is 32.0 Å². The second-order valence-electron chi connectivity index (χ2n) is 6.20. The molecule has 0 saturated heterocycles. The van der Waals surface area contributed by atoms with E-state index in [-0.39, 0.29) is 0 Å². The molecule has 0 aliphatic rings. The minimum Gasteiger partial charge on any atom is -0.366 e. The normalized spacial score (nSPS) is 12.2. The smallest absolute Gasteiger partial charge is 0.152 e. The Balaban J connectivity index is 1.97. The highest BCUT2D eigenvalue weighted by molar-refractivity contribution is 5.58. The molecular weight excluding hydrogens is 272 g/mol. The van der Waals surface area contributed by atoms with Crippen LogP contribution in [0.15, 0.2) is 36.5 Å². The number of hydrogen-bond acceptors (Lipinski definition) is 4. The zero-order valence-electron chi connectivity index (χ0n) is 13.9. The molecule has 0 spiro atoms. The Labute approximate surface area is 133 Å². The van der Waals surface area contributed by atoms with Crippen molar-refractivity contribution in [2.75, 3.05) is 10.6 Å². The number of aryl methyl sites for hydroxylation is 1. The number of hydrogen-bond donors (Lipinski definition) is 2. The number of rotatable bonds is 7. The Hall–Kier alpha value is -2.10. The zero-order chi connectivity index (χ0) is 15.9. The summed E-state index contributed by atoms with van der Waals surface area (Å²) in [5.41, 5.74) is 1.91. The molecule has 4 heteroatoms. The Morgan fingerprint density at radius 1 is 1.05 bits per heavy atom. The van der Waals surface area contributed by atoms with E-state index < -0.39 is 0 Å². The number of para-hydroxylation sites is 1. The van der Waals surface area contributed by atoms with Crippen molar-refractivity contribution in [2.45, 2.75) is 46.6 Å². The fraction of sp³-hybridized carbons (Fsp3) is 0.444. The van der Waals surface area contributed by atoms with E-state index in [1.165, 1.54) is 6.42 Å². The molecule has 1 heterocycles. The molecule has 4 nitrogen and oxygen atoms in total. The third-order valence-corrected chi connectivity index (χ3v) is 3.55. The first kappa shape index (κ1) is 16.3. The van der Waals surface area contributed by atoms with Crippen molar-refractivity contribution in [2.24, 2.45) is 5.92 Å². The van der Waals surface area contributed by atoms with Gasteiger partial charge in [-0.05, 0) is 44.7 Å². The van der Waals surface area contributed by atoms with Crippen LogP contribution in [0.4, 0.5) is 17.3 Å². The quantitative estimate of drug-likeness (QED) is 0.773. The van der Waals surface area contributed by atoms with Crippen molar-refractivity contribution in [1.82, 2.24) is 9.97 Å². The van der Waals surface area contributed by atoms with Crippen LogP contribution in [0.1, 0.15) is 39.3 Å². The largest absolute Gasteiger partial charge is 0.366 e. The summed E-state index contributed by atoms with van der Waals surface area (Å²) in [5.74, 6) is 2.37. The molecule has 2 aromatic rings. The molecular formula is C18H26N4.